The average molecular weight is 312 g/mol. The molecule has 2 rings (SSSR count). The van der Waals surface area contributed by atoms with E-state index in [9.17, 15) is 0 Å². The topological polar surface area (TPSA) is 38.9 Å². The van der Waals surface area contributed by atoms with Crippen LogP contribution in [0.25, 0.3) is 0 Å². The maximum absolute atomic E-state index is 6.19. The quantitative estimate of drug-likeness (QED) is 0.938. The molecular weight excluding hydrogens is 300 g/mol. The number of halogens is 2. The molecule has 0 bridgehead atoms. The van der Waals surface area contributed by atoms with Crippen molar-refractivity contribution < 1.29 is 0 Å². The summed E-state index contributed by atoms with van der Waals surface area (Å²) in [5, 5.41) is 0.662. The predicted octanol–water partition coefficient (Wildman–Crippen LogP) is 3.74. The lowest BCUT2D eigenvalue weighted by atomic mass is 10.0. The highest BCUT2D eigenvalue weighted by Gasteiger charge is 2.11. The highest BCUT2D eigenvalue weighted by Crippen LogP contribution is 2.26. The molecule has 0 spiro atoms. The van der Waals surface area contributed by atoms with Crippen molar-refractivity contribution in [3.05, 3.63) is 63.3 Å². The fourth-order valence-corrected chi connectivity index (χ4v) is 2.47. The minimum atomic E-state index is -0.0783. The summed E-state index contributed by atoms with van der Waals surface area (Å²) in [5.74, 6) is 0. The molecule has 2 aromatic rings. The van der Waals surface area contributed by atoms with Crippen LogP contribution in [-0.4, -0.2) is 4.98 Å². The Labute approximate surface area is 114 Å². The molecule has 1 aromatic carbocycles. The van der Waals surface area contributed by atoms with Crippen molar-refractivity contribution in [3.8, 4) is 0 Å². The first-order chi connectivity index (χ1) is 8.18. The molecule has 0 radical (unpaired) electrons. The van der Waals surface area contributed by atoms with Crippen LogP contribution in [0.1, 0.15) is 17.2 Å². The molecule has 2 nitrogen and oxygen atoms in total. The van der Waals surface area contributed by atoms with Crippen LogP contribution in [0.5, 0.6) is 0 Å². The third-order valence-electron chi connectivity index (χ3n) is 2.60. The molecule has 88 valence electrons. The Morgan fingerprint density at radius 3 is 2.76 bits per heavy atom. The summed E-state index contributed by atoms with van der Waals surface area (Å²) in [6.07, 6.45) is 4.07. The van der Waals surface area contributed by atoms with E-state index in [0.717, 1.165) is 15.6 Å². The zero-order valence-electron chi connectivity index (χ0n) is 9.11. The van der Waals surface area contributed by atoms with Crippen LogP contribution < -0.4 is 5.73 Å². The second kappa shape index (κ2) is 5.63. The van der Waals surface area contributed by atoms with E-state index in [1.54, 1.807) is 12.4 Å². The average Bonchev–Trinajstić information content (AvgIpc) is 2.32. The Hall–Kier alpha value is -0.900. The van der Waals surface area contributed by atoms with Crippen LogP contribution in [0, 0.1) is 0 Å². The maximum atomic E-state index is 6.19. The molecule has 1 aromatic heterocycles. The summed E-state index contributed by atoms with van der Waals surface area (Å²) >= 11 is 9.57. The second-order valence-electron chi connectivity index (χ2n) is 3.80. The molecule has 17 heavy (non-hydrogen) atoms. The van der Waals surface area contributed by atoms with Gasteiger partial charge in [0.05, 0.1) is 5.02 Å². The highest BCUT2D eigenvalue weighted by atomic mass is 79.9. The van der Waals surface area contributed by atoms with E-state index in [0.29, 0.717) is 11.4 Å². The monoisotopic (exact) mass is 310 g/mol. The normalized spacial score (nSPS) is 12.4. The minimum Gasteiger partial charge on any atom is -0.324 e. The van der Waals surface area contributed by atoms with Crippen LogP contribution in [0.2, 0.25) is 5.02 Å². The van der Waals surface area contributed by atoms with Crippen LogP contribution in [-0.2, 0) is 6.42 Å². The van der Waals surface area contributed by atoms with Crippen molar-refractivity contribution >= 4 is 27.5 Å². The minimum absolute atomic E-state index is 0.0783. The zero-order valence-corrected chi connectivity index (χ0v) is 11.4. The SMILES string of the molecule is NC(Cc1ccncc1Cl)c1ccccc1Br. The molecule has 1 atom stereocenters. The Balaban J connectivity index is 2.20. The summed E-state index contributed by atoms with van der Waals surface area (Å²) in [6.45, 7) is 0. The van der Waals surface area contributed by atoms with Crippen LogP contribution in [0.4, 0.5) is 0 Å². The smallest absolute Gasteiger partial charge is 0.0622 e. The van der Waals surface area contributed by atoms with Gasteiger partial charge < -0.3 is 5.73 Å². The predicted molar refractivity (Wildman–Crippen MR) is 74.0 cm³/mol. The lowest BCUT2D eigenvalue weighted by molar-refractivity contribution is 0.718. The second-order valence-corrected chi connectivity index (χ2v) is 5.06. The van der Waals surface area contributed by atoms with Crippen molar-refractivity contribution in [2.24, 2.45) is 5.73 Å². The van der Waals surface area contributed by atoms with Gasteiger partial charge in [-0.2, -0.15) is 0 Å². The molecule has 0 saturated heterocycles. The lowest BCUT2D eigenvalue weighted by Crippen LogP contribution is -2.14. The molecular formula is C13H12BrClN2. The van der Waals surface area contributed by atoms with Crippen molar-refractivity contribution in [1.29, 1.82) is 0 Å². The van der Waals surface area contributed by atoms with Gasteiger partial charge in [0.2, 0.25) is 0 Å². The van der Waals surface area contributed by atoms with Gasteiger partial charge in [-0.05, 0) is 29.7 Å². The molecule has 0 aliphatic carbocycles. The van der Waals surface area contributed by atoms with Crippen LogP contribution in [0.3, 0.4) is 0 Å². The van der Waals surface area contributed by atoms with Crippen LogP contribution >= 0.6 is 27.5 Å². The summed E-state index contributed by atoms with van der Waals surface area (Å²) in [4.78, 5) is 3.96. The van der Waals surface area contributed by atoms with Gasteiger partial charge in [-0.1, -0.05) is 45.7 Å². The number of aromatic nitrogens is 1. The van der Waals surface area contributed by atoms with Crippen molar-refractivity contribution in [3.63, 3.8) is 0 Å². The summed E-state index contributed by atoms with van der Waals surface area (Å²) in [5.41, 5.74) is 8.29. The number of benzene rings is 1. The molecule has 0 saturated carbocycles. The van der Waals surface area contributed by atoms with Gasteiger partial charge in [-0.25, -0.2) is 0 Å². The summed E-state index contributed by atoms with van der Waals surface area (Å²) in [7, 11) is 0. The fourth-order valence-electron chi connectivity index (χ4n) is 1.69. The van der Waals surface area contributed by atoms with E-state index >= 15 is 0 Å². The Bertz CT molecular complexity index is 516. The van der Waals surface area contributed by atoms with Crippen LogP contribution in [0.15, 0.2) is 47.2 Å². The third-order valence-corrected chi connectivity index (χ3v) is 3.66. The van der Waals surface area contributed by atoms with Gasteiger partial charge in [0.25, 0.3) is 0 Å². The van der Waals surface area contributed by atoms with Gasteiger partial charge in [0.1, 0.15) is 0 Å². The molecule has 1 unspecified atom stereocenters. The first kappa shape index (κ1) is 12.6. The Morgan fingerprint density at radius 1 is 1.29 bits per heavy atom. The molecule has 0 amide bonds. The van der Waals surface area contributed by atoms with Gasteiger partial charge in [-0.15, -0.1) is 0 Å². The van der Waals surface area contributed by atoms with Crippen molar-refractivity contribution in [2.75, 3.05) is 0 Å². The number of rotatable bonds is 3. The first-order valence-corrected chi connectivity index (χ1v) is 6.44. The third kappa shape index (κ3) is 3.06. The Morgan fingerprint density at radius 2 is 2.06 bits per heavy atom. The van der Waals surface area contributed by atoms with E-state index in [1.165, 1.54) is 0 Å². The van der Waals surface area contributed by atoms with E-state index in [1.807, 2.05) is 30.3 Å². The zero-order chi connectivity index (χ0) is 12.3. The largest absolute Gasteiger partial charge is 0.324 e. The molecule has 4 heteroatoms. The van der Waals surface area contributed by atoms with Gasteiger partial charge in [0, 0.05) is 22.9 Å². The standard InChI is InChI=1S/C13H12BrClN2/c14-11-4-2-1-3-10(11)13(16)7-9-5-6-17-8-12(9)15/h1-6,8,13H,7,16H2. The molecule has 0 aliphatic heterocycles. The molecule has 1 heterocycles. The van der Waals surface area contributed by atoms with Crippen molar-refractivity contribution in [1.82, 2.24) is 4.98 Å². The highest BCUT2D eigenvalue weighted by molar-refractivity contribution is 9.10. The number of pyridine rings is 1. The van der Waals surface area contributed by atoms with Crippen molar-refractivity contribution in [2.45, 2.75) is 12.5 Å². The molecule has 2 N–H and O–H groups in total. The first-order valence-electron chi connectivity index (χ1n) is 5.27. The van der Waals surface area contributed by atoms with Gasteiger partial charge in [-0.3, -0.25) is 4.98 Å². The Kier molecular flexibility index (Phi) is 4.15. The van der Waals surface area contributed by atoms with E-state index < -0.39 is 0 Å². The fraction of sp³-hybridized carbons (Fsp3) is 0.154. The van der Waals surface area contributed by atoms with Gasteiger partial charge in [0.15, 0.2) is 0 Å². The van der Waals surface area contributed by atoms with E-state index in [4.69, 9.17) is 17.3 Å². The molecule has 0 aliphatic rings. The van der Waals surface area contributed by atoms with Gasteiger partial charge >= 0.3 is 0 Å². The summed E-state index contributed by atoms with van der Waals surface area (Å²) < 4.78 is 1.03. The van der Waals surface area contributed by atoms with E-state index in [-0.39, 0.29) is 6.04 Å². The number of hydrogen-bond acceptors (Lipinski definition) is 2. The number of hydrogen-bond donors (Lipinski definition) is 1. The summed E-state index contributed by atoms with van der Waals surface area (Å²) in [6, 6.07) is 9.78. The van der Waals surface area contributed by atoms with E-state index in [2.05, 4.69) is 20.9 Å². The maximum Gasteiger partial charge on any atom is 0.0622 e. The number of nitrogens with zero attached hydrogens (tertiary/aromatic N) is 1. The number of nitrogens with two attached hydrogens (primary N) is 1. The molecule has 0 fully saturated rings. The lowest BCUT2D eigenvalue weighted by Gasteiger charge is -2.14.